The smallest absolute Gasteiger partial charge is 0.229 e. The quantitative estimate of drug-likeness (QED) is 0.139. The predicted octanol–water partition coefficient (Wildman–Crippen LogP) is 9.67. The van der Waals surface area contributed by atoms with Gasteiger partial charge < -0.3 is 4.57 Å². The lowest BCUT2D eigenvalue weighted by molar-refractivity contribution is -0.744. The third-order valence-electron chi connectivity index (χ3n) is 8.44. The normalized spacial score (nSPS) is 12.9. The number of hydrogen-bond donors (Lipinski definition) is 0. The van der Waals surface area contributed by atoms with E-state index in [1.54, 1.807) is 0 Å². The van der Waals surface area contributed by atoms with Crippen LogP contribution in [0.4, 0.5) is 0 Å². The van der Waals surface area contributed by atoms with Crippen molar-refractivity contribution in [3.05, 3.63) is 95.9 Å². The first-order chi connectivity index (χ1) is 19.7. The molecule has 0 atom stereocenters. The molecular weight excluding hydrogens is 522 g/mol. The molecule has 0 radical (unpaired) electrons. The van der Waals surface area contributed by atoms with Crippen LogP contribution < -0.4 is 9.13 Å². The highest BCUT2D eigenvalue weighted by Gasteiger charge is 2.32. The fourth-order valence-corrected chi connectivity index (χ4v) is 6.10. The van der Waals surface area contributed by atoms with Gasteiger partial charge >= 0.3 is 0 Å². The van der Waals surface area contributed by atoms with E-state index in [1.165, 1.54) is 49.9 Å². The number of fused-ring (bicyclic) bond motifs is 3. The Morgan fingerprint density at radius 1 is 0.558 bits per heavy atom. The second kappa shape index (κ2) is 11.2. The molecule has 0 saturated heterocycles. The van der Waals surface area contributed by atoms with Crippen LogP contribution in [0, 0.1) is 6.92 Å². The molecule has 0 aliphatic rings. The molecule has 5 rings (SSSR count). The molecular formula is C40H55N3+2. The van der Waals surface area contributed by atoms with Gasteiger partial charge in [-0.2, -0.15) is 9.13 Å². The summed E-state index contributed by atoms with van der Waals surface area (Å²) >= 11 is 0. The number of aryl methyl sites for hydroxylation is 1. The van der Waals surface area contributed by atoms with Crippen molar-refractivity contribution in [2.45, 2.75) is 112 Å². The minimum absolute atomic E-state index is 0.0544. The van der Waals surface area contributed by atoms with E-state index in [4.69, 9.17) is 0 Å². The summed E-state index contributed by atoms with van der Waals surface area (Å²) in [5, 5.41) is 4.02. The van der Waals surface area contributed by atoms with Crippen molar-refractivity contribution in [3.8, 4) is 11.4 Å². The van der Waals surface area contributed by atoms with E-state index < -0.39 is 0 Å². The fraction of sp³-hybridized carbons (Fsp3) is 0.450. The van der Waals surface area contributed by atoms with Gasteiger partial charge in [-0.1, -0.05) is 65.8 Å². The topological polar surface area (TPSA) is 12.7 Å². The van der Waals surface area contributed by atoms with Gasteiger partial charge in [0.25, 0.3) is 0 Å². The average Bonchev–Trinajstić information content (AvgIpc) is 3.21. The maximum atomic E-state index is 2.42. The summed E-state index contributed by atoms with van der Waals surface area (Å²) in [6.45, 7) is 29.5. The van der Waals surface area contributed by atoms with E-state index in [9.17, 15) is 0 Å². The van der Waals surface area contributed by atoms with Crippen molar-refractivity contribution >= 4 is 21.7 Å². The van der Waals surface area contributed by atoms with E-state index in [1.807, 2.05) is 0 Å². The second-order valence-electron chi connectivity index (χ2n) is 16.2. The average molecular weight is 578 g/mol. The number of nitrogens with zero attached hydrogens (tertiary/aromatic N) is 3. The summed E-state index contributed by atoms with van der Waals surface area (Å²) in [6.07, 6.45) is 4.39. The molecule has 3 aromatic heterocycles. The molecule has 5 aromatic rings. The summed E-state index contributed by atoms with van der Waals surface area (Å²) in [5.41, 5.74) is 8.46. The first-order valence-electron chi connectivity index (χ1n) is 15.8. The van der Waals surface area contributed by atoms with Gasteiger partial charge in [-0.05, 0) is 58.5 Å². The summed E-state index contributed by atoms with van der Waals surface area (Å²) in [5.74, 6) is 0. The van der Waals surface area contributed by atoms with Crippen LogP contribution in [0.3, 0.4) is 0 Å². The van der Waals surface area contributed by atoms with Crippen LogP contribution in [-0.4, -0.2) is 4.57 Å². The number of pyridine rings is 2. The molecule has 0 unspecified atom stereocenters. The van der Waals surface area contributed by atoms with Gasteiger partial charge in [0.1, 0.15) is 5.69 Å². The van der Waals surface area contributed by atoms with Crippen LogP contribution in [0.25, 0.3) is 33.1 Å². The van der Waals surface area contributed by atoms with Crippen LogP contribution in [-0.2, 0) is 29.0 Å². The lowest BCUT2D eigenvalue weighted by Gasteiger charge is -2.23. The third-order valence-corrected chi connectivity index (χ3v) is 8.44. The zero-order valence-corrected chi connectivity index (χ0v) is 29.3. The van der Waals surface area contributed by atoms with E-state index in [0.717, 1.165) is 0 Å². The lowest BCUT2D eigenvalue weighted by atomic mass is 9.83. The maximum absolute atomic E-state index is 2.42. The van der Waals surface area contributed by atoms with Gasteiger partial charge in [-0.3, -0.25) is 0 Å². The molecule has 3 heterocycles. The maximum Gasteiger partial charge on any atom is 0.229 e. The Morgan fingerprint density at radius 3 is 1.70 bits per heavy atom. The molecule has 0 fully saturated rings. The highest BCUT2D eigenvalue weighted by atomic mass is 15.1. The number of hydrogen-bond acceptors (Lipinski definition) is 0. The number of benzene rings is 2. The first kappa shape index (κ1) is 32.5. The van der Waals surface area contributed by atoms with Crippen molar-refractivity contribution in [2.75, 3.05) is 0 Å². The summed E-state index contributed by atoms with van der Waals surface area (Å²) in [4.78, 5) is 0. The fourth-order valence-electron chi connectivity index (χ4n) is 6.10. The molecule has 2 aromatic carbocycles. The van der Waals surface area contributed by atoms with Crippen molar-refractivity contribution in [3.63, 3.8) is 0 Å². The minimum atomic E-state index is 0.0544. The van der Waals surface area contributed by atoms with Crippen LogP contribution in [0.1, 0.15) is 99.9 Å². The highest BCUT2D eigenvalue weighted by molar-refractivity contribution is 6.05. The predicted molar refractivity (Wildman–Crippen MR) is 185 cm³/mol. The first-order valence-corrected chi connectivity index (χ1v) is 15.8. The Kier molecular flexibility index (Phi) is 8.48. The zero-order chi connectivity index (χ0) is 32.1. The molecule has 0 spiro atoms. The summed E-state index contributed by atoms with van der Waals surface area (Å²) in [7, 11) is 2.17. The van der Waals surface area contributed by atoms with Gasteiger partial charge in [0.05, 0.1) is 5.39 Å². The molecule has 3 heteroatoms. The second-order valence-corrected chi connectivity index (χ2v) is 16.2. The van der Waals surface area contributed by atoms with Crippen LogP contribution in [0.2, 0.25) is 0 Å². The van der Waals surface area contributed by atoms with Crippen molar-refractivity contribution in [2.24, 2.45) is 7.05 Å². The van der Waals surface area contributed by atoms with Crippen molar-refractivity contribution in [1.82, 2.24) is 4.57 Å². The molecule has 0 saturated carbocycles. The zero-order valence-electron chi connectivity index (χ0n) is 29.3. The van der Waals surface area contributed by atoms with Gasteiger partial charge in [0.15, 0.2) is 23.5 Å². The van der Waals surface area contributed by atoms with Crippen LogP contribution >= 0.6 is 0 Å². The Balaban J connectivity index is 0.000000197. The SMILES string of the molecule is CC(C)(C)c1cccc2ccc3ccc[n+](C(C)(C)C)c3c12.Cc1cc(C(C)(C)C)c(-c2cccc[n+]2C(C)(C)C)n1C. The van der Waals surface area contributed by atoms with Crippen molar-refractivity contribution in [1.29, 1.82) is 0 Å². The molecule has 0 amide bonds. The minimum Gasteiger partial charge on any atom is -0.343 e. The Hall–Kier alpha value is -3.46. The lowest BCUT2D eigenvalue weighted by Crippen LogP contribution is -2.51. The van der Waals surface area contributed by atoms with Gasteiger partial charge in [-0.25, -0.2) is 0 Å². The summed E-state index contributed by atoms with van der Waals surface area (Å²) < 4.78 is 7.11. The third kappa shape index (κ3) is 6.56. The molecule has 228 valence electrons. The number of rotatable bonds is 1. The Bertz CT molecular complexity index is 1680. The van der Waals surface area contributed by atoms with Gasteiger partial charge in [0, 0.05) is 77.9 Å². The molecule has 3 nitrogen and oxygen atoms in total. The van der Waals surface area contributed by atoms with Gasteiger partial charge in [-0.15, -0.1) is 0 Å². The van der Waals surface area contributed by atoms with E-state index in [2.05, 4.69) is 190 Å². The van der Waals surface area contributed by atoms with Gasteiger partial charge in [0.2, 0.25) is 11.2 Å². The van der Waals surface area contributed by atoms with Crippen LogP contribution in [0.15, 0.2) is 79.1 Å². The van der Waals surface area contributed by atoms with E-state index >= 15 is 0 Å². The molecule has 43 heavy (non-hydrogen) atoms. The summed E-state index contributed by atoms with van der Waals surface area (Å²) in [6, 6.07) is 24.4. The van der Waals surface area contributed by atoms with Crippen molar-refractivity contribution < 1.29 is 9.13 Å². The number of aromatic nitrogens is 3. The molecule has 0 aliphatic carbocycles. The monoisotopic (exact) mass is 577 g/mol. The van der Waals surface area contributed by atoms with E-state index in [-0.39, 0.29) is 21.9 Å². The molecule has 0 N–H and O–H groups in total. The Labute approximate surface area is 261 Å². The standard InChI is InChI=1S/C21H26N.C19H29N2/c1-20(2,3)17-11-7-9-15-12-13-16-10-8-14-22(21(4,5)6)19(16)18(15)17;1-14-13-15(18(2,3)4)17(20(14)8)16-11-9-10-12-21(16)19(5,6)7/h7-14H,1-6H3;9-13H,1-8H3/q2*+1. The van der Waals surface area contributed by atoms with E-state index in [0.29, 0.717) is 0 Å². The molecule has 0 bridgehead atoms. The Morgan fingerprint density at radius 2 is 1.12 bits per heavy atom. The highest BCUT2D eigenvalue weighted by Crippen LogP contribution is 2.35. The largest absolute Gasteiger partial charge is 0.343 e. The molecule has 0 aliphatic heterocycles. The van der Waals surface area contributed by atoms with Crippen LogP contribution in [0.5, 0.6) is 0 Å².